The average molecular weight is 591 g/mol. The highest BCUT2D eigenvalue weighted by Crippen LogP contribution is 2.36. The summed E-state index contributed by atoms with van der Waals surface area (Å²) in [4.78, 5) is 21.2. The number of imidazole rings is 1. The van der Waals surface area contributed by atoms with Gasteiger partial charge in [-0.15, -0.1) is 0 Å². The van der Waals surface area contributed by atoms with Gasteiger partial charge in [0.2, 0.25) is 0 Å². The monoisotopic (exact) mass is 590 g/mol. The largest absolute Gasteiger partial charge is 0.419 e. The summed E-state index contributed by atoms with van der Waals surface area (Å²) in [5.74, 6) is -1.64. The summed E-state index contributed by atoms with van der Waals surface area (Å²) in [6, 6.07) is 15.2. The highest BCUT2D eigenvalue weighted by Gasteiger charge is 2.39. The zero-order valence-electron chi connectivity index (χ0n) is 21.2. The molecule has 40 heavy (non-hydrogen) atoms. The van der Waals surface area contributed by atoms with Gasteiger partial charge in [-0.1, -0.05) is 35.3 Å². The lowest BCUT2D eigenvalue weighted by atomic mass is 9.93. The molecule has 5 rings (SSSR count). The van der Waals surface area contributed by atoms with Crippen molar-refractivity contribution in [3.05, 3.63) is 118 Å². The summed E-state index contributed by atoms with van der Waals surface area (Å²) in [5, 5.41) is 0.782. The van der Waals surface area contributed by atoms with Crippen molar-refractivity contribution in [1.82, 2.24) is 19.4 Å². The number of alkyl halides is 3. The van der Waals surface area contributed by atoms with Crippen molar-refractivity contribution in [2.24, 2.45) is 0 Å². The zero-order chi connectivity index (χ0) is 28.6. The summed E-state index contributed by atoms with van der Waals surface area (Å²) >= 11 is 12.4. The number of carbonyl (C=O) groups is 1. The Bertz CT molecular complexity index is 1510. The van der Waals surface area contributed by atoms with Crippen LogP contribution in [0.5, 0.6) is 0 Å². The third-order valence-electron chi connectivity index (χ3n) is 7.20. The number of rotatable bonds is 6. The molecule has 1 saturated heterocycles. The number of halogens is 6. The maximum atomic E-state index is 14.2. The second-order valence-corrected chi connectivity index (χ2v) is 10.6. The number of nitrogens with zero attached hydrogens (tertiary/aromatic N) is 4. The Labute approximate surface area is 238 Å². The summed E-state index contributed by atoms with van der Waals surface area (Å²) < 4.78 is 55.2. The maximum absolute atomic E-state index is 14.2. The van der Waals surface area contributed by atoms with Crippen LogP contribution in [0.1, 0.15) is 33.0 Å². The number of likely N-dealkylation sites (N-methyl/N-ethyl adjacent to an activating group) is 1. The Morgan fingerprint density at radius 1 is 1.02 bits per heavy atom. The van der Waals surface area contributed by atoms with Crippen LogP contribution in [-0.2, 0) is 12.7 Å². The predicted octanol–water partition coefficient (Wildman–Crippen LogP) is 7.08. The molecule has 2 heterocycles. The predicted molar refractivity (Wildman–Crippen MR) is 145 cm³/mol. The van der Waals surface area contributed by atoms with Gasteiger partial charge in [0.25, 0.3) is 5.91 Å². The Kier molecular flexibility index (Phi) is 7.90. The Balaban J connectivity index is 1.39. The summed E-state index contributed by atoms with van der Waals surface area (Å²) in [6.45, 7) is 0.919. The van der Waals surface area contributed by atoms with Crippen LogP contribution in [0.2, 0.25) is 10.0 Å². The number of hydrogen-bond acceptors (Lipinski definition) is 3. The minimum atomic E-state index is -4.77. The van der Waals surface area contributed by atoms with Crippen LogP contribution in [0.15, 0.2) is 79.4 Å². The second kappa shape index (κ2) is 11.2. The molecule has 1 aliphatic heterocycles. The van der Waals surface area contributed by atoms with Crippen molar-refractivity contribution < 1.29 is 22.4 Å². The van der Waals surface area contributed by atoms with Gasteiger partial charge < -0.3 is 9.47 Å². The van der Waals surface area contributed by atoms with Gasteiger partial charge >= 0.3 is 6.18 Å². The van der Waals surface area contributed by atoms with Crippen LogP contribution < -0.4 is 0 Å². The van der Waals surface area contributed by atoms with Gasteiger partial charge in [0.15, 0.2) is 0 Å². The fourth-order valence-electron chi connectivity index (χ4n) is 5.13. The van der Waals surface area contributed by atoms with Gasteiger partial charge in [0.05, 0.1) is 21.9 Å². The van der Waals surface area contributed by atoms with Crippen LogP contribution in [0.3, 0.4) is 0 Å². The molecule has 2 atom stereocenters. The van der Waals surface area contributed by atoms with Gasteiger partial charge in [-0.3, -0.25) is 9.69 Å². The Hall–Kier alpha value is -3.40. The maximum Gasteiger partial charge on any atom is 0.419 e. The number of likely N-dealkylation sites (tertiary alicyclic amines) is 1. The molecule has 1 aromatic heterocycles. The molecule has 5 nitrogen and oxygen atoms in total. The van der Waals surface area contributed by atoms with Crippen molar-refractivity contribution >= 4 is 29.1 Å². The first kappa shape index (κ1) is 28.1. The molecule has 1 amide bonds. The average Bonchev–Trinajstić information content (AvgIpc) is 3.60. The molecular weight excluding hydrogens is 567 g/mol. The molecule has 0 saturated carbocycles. The van der Waals surface area contributed by atoms with Gasteiger partial charge in [-0.25, -0.2) is 9.37 Å². The quantitative estimate of drug-likeness (QED) is 0.225. The summed E-state index contributed by atoms with van der Waals surface area (Å²) in [7, 11) is 1.80. The first-order valence-electron chi connectivity index (χ1n) is 12.4. The lowest BCUT2D eigenvalue weighted by molar-refractivity contribution is -0.140. The molecule has 1 aliphatic rings. The third-order valence-corrected chi connectivity index (χ3v) is 7.94. The number of hydrogen-bond donors (Lipinski definition) is 0. The van der Waals surface area contributed by atoms with Crippen LogP contribution in [0.4, 0.5) is 17.6 Å². The van der Waals surface area contributed by atoms with Crippen LogP contribution in [-0.4, -0.2) is 51.4 Å². The zero-order valence-corrected chi connectivity index (χ0v) is 22.8. The Morgan fingerprint density at radius 3 is 2.40 bits per heavy atom. The van der Waals surface area contributed by atoms with Crippen molar-refractivity contribution in [3.8, 4) is 5.69 Å². The molecule has 0 radical (unpaired) electrons. The fraction of sp³-hybridized carbons (Fsp3) is 0.241. The van der Waals surface area contributed by atoms with Crippen molar-refractivity contribution in [2.75, 3.05) is 20.1 Å². The van der Waals surface area contributed by atoms with Gasteiger partial charge in [-0.2, -0.15) is 13.2 Å². The first-order valence-corrected chi connectivity index (χ1v) is 13.2. The van der Waals surface area contributed by atoms with Crippen LogP contribution >= 0.6 is 23.2 Å². The van der Waals surface area contributed by atoms with Crippen LogP contribution in [0.25, 0.3) is 5.69 Å². The minimum absolute atomic E-state index is 0.154. The van der Waals surface area contributed by atoms with E-state index in [1.54, 1.807) is 48.7 Å². The van der Waals surface area contributed by atoms with Crippen LogP contribution in [0, 0.1) is 5.82 Å². The topological polar surface area (TPSA) is 41.4 Å². The normalized spacial score (nSPS) is 17.6. The molecule has 208 valence electrons. The van der Waals surface area contributed by atoms with E-state index in [0.717, 1.165) is 23.4 Å². The highest BCUT2D eigenvalue weighted by atomic mass is 35.5. The molecule has 1 fully saturated rings. The molecule has 0 bridgehead atoms. The second-order valence-electron chi connectivity index (χ2n) is 9.80. The smallest absolute Gasteiger partial charge is 0.336 e. The molecule has 0 spiro atoms. The number of benzene rings is 3. The van der Waals surface area contributed by atoms with E-state index >= 15 is 0 Å². The lowest BCUT2D eigenvalue weighted by Crippen LogP contribution is -2.38. The summed E-state index contributed by atoms with van der Waals surface area (Å²) in [6.07, 6.45) is 0.378. The van der Waals surface area contributed by atoms with E-state index in [2.05, 4.69) is 4.98 Å². The van der Waals surface area contributed by atoms with E-state index in [4.69, 9.17) is 23.2 Å². The molecule has 3 aromatic carbocycles. The summed E-state index contributed by atoms with van der Waals surface area (Å²) in [5.41, 5.74) is 1.34. The van der Waals surface area contributed by atoms with E-state index in [9.17, 15) is 22.4 Å². The van der Waals surface area contributed by atoms with E-state index < -0.39 is 17.6 Å². The van der Waals surface area contributed by atoms with E-state index in [0.29, 0.717) is 34.3 Å². The molecule has 0 aliphatic carbocycles. The molecule has 4 aromatic rings. The number of amides is 1. The molecular formula is C29H24Cl2F4N4O. The van der Waals surface area contributed by atoms with Crippen molar-refractivity contribution in [3.63, 3.8) is 0 Å². The lowest BCUT2D eigenvalue weighted by Gasteiger charge is -2.29. The first-order chi connectivity index (χ1) is 19.0. The SMILES string of the molecule is CN(Cc1ccc(C(F)(F)F)c(F)c1)[C@@H]1CN(C(=O)c2ccc(-n3ccnc3)cc2)C[C@@H]1c1ccc(Cl)c(Cl)c1. The fourth-order valence-corrected chi connectivity index (χ4v) is 5.44. The third kappa shape index (κ3) is 5.87. The number of carbonyl (C=O) groups excluding carboxylic acids is 1. The highest BCUT2D eigenvalue weighted by molar-refractivity contribution is 6.42. The van der Waals surface area contributed by atoms with Gasteiger partial charge in [-0.05, 0) is 66.7 Å². The van der Waals surface area contributed by atoms with E-state index in [1.807, 2.05) is 33.9 Å². The van der Waals surface area contributed by atoms with Gasteiger partial charge in [0.1, 0.15) is 5.82 Å². The molecule has 11 heteroatoms. The standard InChI is InChI=1S/C29H24Cl2F4N4O/c1-37(14-18-2-8-23(26(32)12-18)29(33,34)35)27-16-39(15-22(27)20-5-9-24(30)25(31)13-20)28(40)19-3-6-21(7-4-19)38-11-10-36-17-38/h2-13,17,22,27H,14-16H2,1H3/t22-,27-/m1/s1. The number of aromatic nitrogens is 2. The van der Waals surface area contributed by atoms with E-state index in [1.165, 1.54) is 6.07 Å². The van der Waals surface area contributed by atoms with E-state index in [-0.39, 0.29) is 24.4 Å². The minimum Gasteiger partial charge on any atom is -0.336 e. The van der Waals surface area contributed by atoms with Crippen molar-refractivity contribution in [1.29, 1.82) is 0 Å². The van der Waals surface area contributed by atoms with Crippen molar-refractivity contribution in [2.45, 2.75) is 24.7 Å². The molecule has 0 N–H and O–H groups in total. The Morgan fingerprint density at radius 2 is 1.77 bits per heavy atom. The molecule has 0 unspecified atom stereocenters. The van der Waals surface area contributed by atoms with Gasteiger partial charge in [0, 0.05) is 55.2 Å².